The molecule has 0 aliphatic carbocycles. The van der Waals surface area contributed by atoms with Gasteiger partial charge in [-0.2, -0.15) is 4.98 Å². The van der Waals surface area contributed by atoms with E-state index in [9.17, 15) is 9.59 Å². The van der Waals surface area contributed by atoms with Crippen LogP contribution >= 0.6 is 0 Å². The fraction of sp³-hybridized carbons (Fsp3) is 0.312. The Kier molecular flexibility index (Phi) is 3.77. The quantitative estimate of drug-likeness (QED) is 0.760. The van der Waals surface area contributed by atoms with Gasteiger partial charge in [0, 0.05) is 13.1 Å². The predicted octanol–water partition coefficient (Wildman–Crippen LogP) is 1.29. The highest BCUT2D eigenvalue weighted by Gasteiger charge is 2.17. The summed E-state index contributed by atoms with van der Waals surface area (Å²) in [6, 6.07) is 9.97. The van der Waals surface area contributed by atoms with Crippen molar-refractivity contribution >= 4 is 17.1 Å². The average Bonchev–Trinajstić information content (AvgIpc) is 2.84. The molecule has 0 atom stereocenters. The fourth-order valence-corrected chi connectivity index (χ4v) is 2.52. The highest BCUT2D eigenvalue weighted by molar-refractivity contribution is 5.74. The summed E-state index contributed by atoms with van der Waals surface area (Å²) in [5.41, 5.74) is 0.912. The van der Waals surface area contributed by atoms with Crippen LogP contribution in [0.5, 0.6) is 0 Å². The number of aromatic nitrogens is 4. The minimum atomic E-state index is -0.469. The van der Waals surface area contributed by atoms with Crippen LogP contribution in [0.3, 0.4) is 0 Å². The standard InChI is InChI=1S/C16H19N5O2/c1-10(2)17-15-18-13-12(14(22)19-16(23)20(13)3)21(15)9-11-7-5-4-6-8-11/h4-8,10H,9H2,1-3H3,(H,17,18)(H,19,22,23). The molecule has 0 fully saturated rings. The van der Waals surface area contributed by atoms with Crippen LogP contribution in [0.2, 0.25) is 0 Å². The molecule has 2 heterocycles. The zero-order valence-electron chi connectivity index (χ0n) is 13.3. The first-order valence-corrected chi connectivity index (χ1v) is 7.47. The van der Waals surface area contributed by atoms with Gasteiger partial charge in [0.15, 0.2) is 11.2 Å². The third kappa shape index (κ3) is 2.77. The van der Waals surface area contributed by atoms with Crippen molar-refractivity contribution in [2.75, 3.05) is 5.32 Å². The second-order valence-corrected chi connectivity index (χ2v) is 5.80. The third-order valence-electron chi connectivity index (χ3n) is 3.61. The van der Waals surface area contributed by atoms with E-state index in [0.29, 0.717) is 23.7 Å². The van der Waals surface area contributed by atoms with Crippen molar-refractivity contribution in [3.8, 4) is 0 Å². The number of H-pyrrole nitrogens is 1. The number of hydrogen-bond donors (Lipinski definition) is 2. The van der Waals surface area contributed by atoms with E-state index in [1.807, 2.05) is 48.7 Å². The van der Waals surface area contributed by atoms with E-state index in [0.717, 1.165) is 5.56 Å². The molecule has 0 bridgehead atoms. The summed E-state index contributed by atoms with van der Waals surface area (Å²) in [4.78, 5) is 30.9. The van der Waals surface area contributed by atoms with Crippen molar-refractivity contribution in [3.05, 3.63) is 56.7 Å². The summed E-state index contributed by atoms with van der Waals surface area (Å²) in [5.74, 6) is 0.575. The number of benzene rings is 1. The van der Waals surface area contributed by atoms with Crippen molar-refractivity contribution in [3.63, 3.8) is 0 Å². The molecule has 120 valence electrons. The highest BCUT2D eigenvalue weighted by atomic mass is 16.2. The molecule has 0 saturated heterocycles. The maximum absolute atomic E-state index is 12.3. The first kappa shape index (κ1) is 15.1. The molecule has 7 nitrogen and oxygen atoms in total. The molecular weight excluding hydrogens is 294 g/mol. The second kappa shape index (κ2) is 5.75. The zero-order valence-corrected chi connectivity index (χ0v) is 13.3. The molecular formula is C16H19N5O2. The van der Waals surface area contributed by atoms with Crippen LogP contribution in [0.25, 0.3) is 11.2 Å². The summed E-state index contributed by atoms with van der Waals surface area (Å²) >= 11 is 0. The molecule has 1 aromatic carbocycles. The van der Waals surface area contributed by atoms with E-state index < -0.39 is 11.2 Å². The molecule has 0 saturated carbocycles. The largest absolute Gasteiger partial charge is 0.353 e. The van der Waals surface area contributed by atoms with E-state index >= 15 is 0 Å². The first-order chi connectivity index (χ1) is 11.0. The topological polar surface area (TPSA) is 84.7 Å². The summed E-state index contributed by atoms with van der Waals surface area (Å²) < 4.78 is 3.16. The zero-order chi connectivity index (χ0) is 16.6. The number of rotatable bonds is 4. The van der Waals surface area contributed by atoms with Crippen molar-refractivity contribution in [2.45, 2.75) is 26.4 Å². The lowest BCUT2D eigenvalue weighted by Crippen LogP contribution is -2.29. The van der Waals surface area contributed by atoms with Gasteiger partial charge in [-0.3, -0.25) is 18.9 Å². The van der Waals surface area contributed by atoms with Crippen LogP contribution in [0, 0.1) is 0 Å². The Bertz CT molecular complexity index is 950. The lowest BCUT2D eigenvalue weighted by Gasteiger charge is -2.12. The van der Waals surface area contributed by atoms with E-state index in [2.05, 4.69) is 15.3 Å². The lowest BCUT2D eigenvalue weighted by atomic mass is 10.2. The number of imidazole rings is 1. The van der Waals surface area contributed by atoms with Crippen molar-refractivity contribution in [2.24, 2.45) is 7.05 Å². The molecule has 7 heteroatoms. The van der Waals surface area contributed by atoms with Crippen molar-refractivity contribution in [1.82, 2.24) is 19.1 Å². The minimum Gasteiger partial charge on any atom is -0.353 e. The van der Waals surface area contributed by atoms with Crippen LogP contribution in [0.4, 0.5) is 5.95 Å². The van der Waals surface area contributed by atoms with Gasteiger partial charge in [0.05, 0.1) is 6.54 Å². The third-order valence-corrected chi connectivity index (χ3v) is 3.61. The van der Waals surface area contributed by atoms with Gasteiger partial charge in [0.25, 0.3) is 5.56 Å². The van der Waals surface area contributed by atoms with Gasteiger partial charge in [-0.25, -0.2) is 4.79 Å². The van der Waals surface area contributed by atoms with Gasteiger partial charge in [0.2, 0.25) is 5.95 Å². The van der Waals surface area contributed by atoms with E-state index in [-0.39, 0.29) is 6.04 Å². The summed E-state index contributed by atoms with van der Waals surface area (Å²) in [7, 11) is 1.60. The maximum atomic E-state index is 12.3. The molecule has 0 unspecified atom stereocenters. The second-order valence-electron chi connectivity index (χ2n) is 5.80. The molecule has 3 aromatic rings. The maximum Gasteiger partial charge on any atom is 0.329 e. The van der Waals surface area contributed by atoms with Gasteiger partial charge in [-0.1, -0.05) is 30.3 Å². The van der Waals surface area contributed by atoms with Crippen LogP contribution < -0.4 is 16.6 Å². The van der Waals surface area contributed by atoms with Gasteiger partial charge in [-0.05, 0) is 19.4 Å². The van der Waals surface area contributed by atoms with Gasteiger partial charge in [-0.15, -0.1) is 0 Å². The fourth-order valence-electron chi connectivity index (χ4n) is 2.52. The van der Waals surface area contributed by atoms with Crippen LogP contribution in [0.1, 0.15) is 19.4 Å². The molecule has 0 aliphatic rings. The van der Waals surface area contributed by atoms with E-state index in [4.69, 9.17) is 0 Å². The monoisotopic (exact) mass is 313 g/mol. The number of anilines is 1. The van der Waals surface area contributed by atoms with Crippen molar-refractivity contribution < 1.29 is 0 Å². The summed E-state index contributed by atoms with van der Waals surface area (Å²) in [6.07, 6.45) is 0. The normalized spacial score (nSPS) is 11.3. The molecule has 0 radical (unpaired) electrons. The molecule has 0 aliphatic heterocycles. The Balaban J connectivity index is 2.26. The molecule has 0 spiro atoms. The minimum absolute atomic E-state index is 0.150. The molecule has 2 N–H and O–H groups in total. The molecule has 3 rings (SSSR count). The Morgan fingerprint density at radius 3 is 2.57 bits per heavy atom. The number of hydrogen-bond acceptors (Lipinski definition) is 4. The van der Waals surface area contributed by atoms with Crippen LogP contribution in [-0.4, -0.2) is 25.1 Å². The number of fused-ring (bicyclic) bond motifs is 1. The summed E-state index contributed by atoms with van der Waals surface area (Å²) in [5, 5.41) is 3.24. The SMILES string of the molecule is CC(C)Nc1nc2c(c(=O)[nH]c(=O)n2C)n1Cc1ccccc1. The van der Waals surface area contributed by atoms with Gasteiger partial charge >= 0.3 is 5.69 Å². The number of aromatic amines is 1. The number of nitrogens with zero attached hydrogens (tertiary/aromatic N) is 3. The lowest BCUT2D eigenvalue weighted by molar-refractivity contribution is 0.787. The van der Waals surface area contributed by atoms with Crippen molar-refractivity contribution in [1.29, 1.82) is 0 Å². The number of aryl methyl sites for hydroxylation is 1. The average molecular weight is 313 g/mol. The van der Waals surface area contributed by atoms with E-state index in [1.54, 1.807) is 7.05 Å². The van der Waals surface area contributed by atoms with Gasteiger partial charge < -0.3 is 5.32 Å². The molecule has 23 heavy (non-hydrogen) atoms. The van der Waals surface area contributed by atoms with Crippen LogP contribution in [-0.2, 0) is 13.6 Å². The Labute approximate surface area is 132 Å². The smallest absolute Gasteiger partial charge is 0.329 e. The first-order valence-electron chi connectivity index (χ1n) is 7.47. The van der Waals surface area contributed by atoms with E-state index in [1.165, 1.54) is 4.57 Å². The molecule has 0 amide bonds. The molecule has 2 aromatic heterocycles. The Morgan fingerprint density at radius 1 is 1.22 bits per heavy atom. The van der Waals surface area contributed by atoms with Gasteiger partial charge in [0.1, 0.15) is 0 Å². The Morgan fingerprint density at radius 2 is 1.91 bits per heavy atom. The predicted molar refractivity (Wildman–Crippen MR) is 89.9 cm³/mol. The Hall–Kier alpha value is -2.83. The van der Waals surface area contributed by atoms with Crippen LogP contribution in [0.15, 0.2) is 39.9 Å². The highest BCUT2D eigenvalue weighted by Crippen LogP contribution is 2.18. The number of nitrogens with one attached hydrogen (secondary N) is 2. The summed E-state index contributed by atoms with van der Waals surface area (Å²) in [6.45, 7) is 4.48.